The molecule has 1 rings (SSSR count). The summed E-state index contributed by atoms with van der Waals surface area (Å²) in [6.45, 7) is 0. The van der Waals surface area contributed by atoms with E-state index in [0.717, 1.165) is 12.3 Å². The highest BCUT2D eigenvalue weighted by Gasteiger charge is 2.18. The third-order valence-corrected chi connectivity index (χ3v) is 1.09. The van der Waals surface area contributed by atoms with Gasteiger partial charge in [0.2, 0.25) is 5.76 Å². The summed E-state index contributed by atoms with van der Waals surface area (Å²) >= 11 is 0. The standard InChI is InChI=1S/C6H4O5.4H2O/c7-5(8)3-1-2-11-4(3)6(9)10;;;;/h1-2H,(H,7,8)(H,9,10);4*1H2. The van der Waals surface area contributed by atoms with Gasteiger partial charge in [-0.25, -0.2) is 9.59 Å². The van der Waals surface area contributed by atoms with E-state index in [9.17, 15) is 9.59 Å². The van der Waals surface area contributed by atoms with Gasteiger partial charge < -0.3 is 36.5 Å². The van der Waals surface area contributed by atoms with Gasteiger partial charge in [0.05, 0.1) is 6.26 Å². The second-order valence-electron chi connectivity index (χ2n) is 1.77. The van der Waals surface area contributed by atoms with Crippen LogP contribution in [0, 0.1) is 0 Å². The smallest absolute Gasteiger partial charge is 0.372 e. The van der Waals surface area contributed by atoms with Gasteiger partial charge in [-0.2, -0.15) is 0 Å². The fraction of sp³-hybridized carbons (Fsp3) is 0. The van der Waals surface area contributed by atoms with Gasteiger partial charge in [-0.1, -0.05) is 0 Å². The van der Waals surface area contributed by atoms with Crippen molar-refractivity contribution < 1.29 is 46.1 Å². The lowest BCUT2D eigenvalue weighted by Crippen LogP contribution is -2.03. The maximum atomic E-state index is 10.3. The van der Waals surface area contributed by atoms with Gasteiger partial charge in [-0.05, 0) is 6.07 Å². The molecule has 90 valence electrons. The van der Waals surface area contributed by atoms with E-state index in [1.54, 1.807) is 0 Å². The predicted octanol–water partition coefficient (Wildman–Crippen LogP) is -2.62. The number of carboxylic acids is 2. The number of rotatable bonds is 2. The van der Waals surface area contributed by atoms with E-state index in [4.69, 9.17) is 10.2 Å². The monoisotopic (exact) mass is 228 g/mol. The second kappa shape index (κ2) is 8.65. The van der Waals surface area contributed by atoms with E-state index in [2.05, 4.69) is 4.42 Å². The average Bonchev–Trinajstić information content (AvgIpc) is 2.32. The van der Waals surface area contributed by atoms with Crippen LogP contribution in [0.3, 0.4) is 0 Å². The van der Waals surface area contributed by atoms with Crippen molar-refractivity contribution in [3.63, 3.8) is 0 Å². The minimum absolute atomic E-state index is 0. The third kappa shape index (κ3) is 4.73. The number of aromatic carboxylic acids is 2. The van der Waals surface area contributed by atoms with E-state index in [1.165, 1.54) is 0 Å². The first-order chi connectivity index (χ1) is 5.13. The van der Waals surface area contributed by atoms with Crippen molar-refractivity contribution in [2.75, 3.05) is 0 Å². The van der Waals surface area contributed by atoms with Crippen molar-refractivity contribution in [3.05, 3.63) is 23.7 Å². The van der Waals surface area contributed by atoms with Crippen LogP contribution in [0.4, 0.5) is 0 Å². The SMILES string of the molecule is O.O.O.O.O=C(O)c1ccoc1C(=O)O. The van der Waals surface area contributed by atoms with Gasteiger partial charge in [-0.3, -0.25) is 0 Å². The summed E-state index contributed by atoms with van der Waals surface area (Å²) in [5.41, 5.74) is -0.336. The molecular formula is C6H12O9. The summed E-state index contributed by atoms with van der Waals surface area (Å²) in [5, 5.41) is 16.7. The molecule has 9 nitrogen and oxygen atoms in total. The first kappa shape index (κ1) is 23.1. The van der Waals surface area contributed by atoms with Crippen LogP contribution in [-0.2, 0) is 0 Å². The Kier molecular flexibility index (Phi) is 13.3. The molecule has 0 fully saturated rings. The molecule has 0 spiro atoms. The van der Waals surface area contributed by atoms with Crippen LogP contribution in [0.1, 0.15) is 20.9 Å². The van der Waals surface area contributed by atoms with Gasteiger partial charge in [0, 0.05) is 0 Å². The van der Waals surface area contributed by atoms with E-state index in [0.29, 0.717) is 0 Å². The number of hydrogen-bond acceptors (Lipinski definition) is 3. The predicted molar refractivity (Wildman–Crippen MR) is 47.1 cm³/mol. The Balaban J connectivity index is -0.000000151. The minimum atomic E-state index is -1.38. The maximum Gasteiger partial charge on any atom is 0.372 e. The number of carbonyl (C=O) groups is 2. The van der Waals surface area contributed by atoms with Crippen LogP contribution >= 0.6 is 0 Å². The van der Waals surface area contributed by atoms with E-state index in [-0.39, 0.29) is 27.5 Å². The summed E-state index contributed by atoms with van der Waals surface area (Å²) in [7, 11) is 0. The lowest BCUT2D eigenvalue weighted by molar-refractivity contribution is 0.0626. The van der Waals surface area contributed by atoms with Crippen molar-refractivity contribution in [1.82, 2.24) is 0 Å². The van der Waals surface area contributed by atoms with Crippen LogP contribution < -0.4 is 0 Å². The summed E-state index contributed by atoms with van der Waals surface area (Å²) < 4.78 is 4.41. The van der Waals surface area contributed by atoms with Crippen molar-refractivity contribution in [2.24, 2.45) is 0 Å². The maximum absolute atomic E-state index is 10.3. The zero-order chi connectivity index (χ0) is 8.43. The van der Waals surface area contributed by atoms with Crippen molar-refractivity contribution in [2.45, 2.75) is 0 Å². The van der Waals surface area contributed by atoms with Gasteiger partial charge in [0.15, 0.2) is 0 Å². The fourth-order valence-corrected chi connectivity index (χ4v) is 0.643. The topological polar surface area (TPSA) is 214 Å². The van der Waals surface area contributed by atoms with E-state index < -0.39 is 17.7 Å². The molecule has 0 aliphatic heterocycles. The lowest BCUT2D eigenvalue weighted by atomic mass is 10.2. The Morgan fingerprint density at radius 1 is 1.00 bits per heavy atom. The molecular weight excluding hydrogens is 216 g/mol. The van der Waals surface area contributed by atoms with Crippen LogP contribution in [0.5, 0.6) is 0 Å². The largest absolute Gasteiger partial charge is 0.478 e. The van der Waals surface area contributed by atoms with Crippen LogP contribution in [0.2, 0.25) is 0 Å². The summed E-state index contributed by atoms with van der Waals surface area (Å²) in [4.78, 5) is 20.5. The highest BCUT2D eigenvalue weighted by molar-refractivity contribution is 5.99. The molecule has 9 heteroatoms. The lowest BCUT2D eigenvalue weighted by Gasteiger charge is -1.88. The molecule has 0 saturated carbocycles. The van der Waals surface area contributed by atoms with Crippen LogP contribution in [0.15, 0.2) is 16.7 Å². The molecule has 0 atom stereocenters. The molecule has 15 heavy (non-hydrogen) atoms. The second-order valence-corrected chi connectivity index (χ2v) is 1.77. The first-order valence-electron chi connectivity index (χ1n) is 2.67. The van der Waals surface area contributed by atoms with Crippen molar-refractivity contribution >= 4 is 11.9 Å². The van der Waals surface area contributed by atoms with Crippen LogP contribution in [-0.4, -0.2) is 44.1 Å². The van der Waals surface area contributed by atoms with Crippen molar-refractivity contribution in [3.8, 4) is 0 Å². The Hall–Kier alpha value is -1.94. The Labute approximate surface area is 82.8 Å². The van der Waals surface area contributed by atoms with Gasteiger partial charge in [-0.15, -0.1) is 0 Å². The Bertz CT molecular complexity index is 273. The average molecular weight is 228 g/mol. The van der Waals surface area contributed by atoms with Gasteiger partial charge >= 0.3 is 11.9 Å². The first-order valence-corrected chi connectivity index (χ1v) is 2.67. The molecule has 1 heterocycles. The minimum Gasteiger partial charge on any atom is -0.478 e. The molecule has 0 radical (unpaired) electrons. The normalized spacial score (nSPS) is 6.93. The number of hydrogen-bond donors (Lipinski definition) is 2. The molecule has 1 aromatic rings. The van der Waals surface area contributed by atoms with Crippen molar-refractivity contribution in [1.29, 1.82) is 0 Å². The Morgan fingerprint density at radius 3 is 1.73 bits per heavy atom. The molecule has 10 N–H and O–H groups in total. The van der Waals surface area contributed by atoms with E-state index >= 15 is 0 Å². The Morgan fingerprint density at radius 2 is 1.47 bits per heavy atom. The molecule has 0 amide bonds. The molecule has 0 aromatic carbocycles. The molecule has 0 saturated heterocycles. The van der Waals surface area contributed by atoms with E-state index in [1.807, 2.05) is 0 Å². The summed E-state index contributed by atoms with van der Waals surface area (Å²) in [6.07, 6.45) is 1.02. The molecule has 0 bridgehead atoms. The van der Waals surface area contributed by atoms with Crippen LogP contribution in [0.25, 0.3) is 0 Å². The molecule has 0 aliphatic rings. The highest BCUT2D eigenvalue weighted by Crippen LogP contribution is 2.09. The number of furan rings is 1. The van der Waals surface area contributed by atoms with Gasteiger partial charge in [0.25, 0.3) is 0 Å². The third-order valence-electron chi connectivity index (χ3n) is 1.09. The molecule has 1 aromatic heterocycles. The number of carboxylic acid groups (broad SMARTS) is 2. The fourth-order valence-electron chi connectivity index (χ4n) is 0.643. The quantitative estimate of drug-likeness (QED) is 0.553. The zero-order valence-corrected chi connectivity index (χ0v) is 7.27. The van der Waals surface area contributed by atoms with Gasteiger partial charge in [0.1, 0.15) is 5.56 Å². The highest BCUT2D eigenvalue weighted by atomic mass is 16.4. The summed E-state index contributed by atoms with van der Waals surface area (Å²) in [5.74, 6) is -3.24. The molecule has 0 unspecified atom stereocenters. The summed E-state index contributed by atoms with van der Waals surface area (Å²) in [6, 6.07) is 1.09. The zero-order valence-electron chi connectivity index (χ0n) is 7.27. The molecule has 0 aliphatic carbocycles.